The highest BCUT2D eigenvalue weighted by Crippen LogP contribution is 2.30. The second-order valence-electron chi connectivity index (χ2n) is 9.01. The maximum absolute atomic E-state index is 13.2. The molecule has 0 bridgehead atoms. The van der Waals surface area contributed by atoms with Gasteiger partial charge in [0.2, 0.25) is 0 Å². The highest BCUT2D eigenvalue weighted by molar-refractivity contribution is 7.90. The lowest BCUT2D eigenvalue weighted by Crippen LogP contribution is -2.31. The van der Waals surface area contributed by atoms with Gasteiger partial charge in [-0.15, -0.1) is 0 Å². The number of anilines is 1. The van der Waals surface area contributed by atoms with Gasteiger partial charge in [-0.25, -0.2) is 17.9 Å². The minimum absolute atomic E-state index is 0.0515. The Morgan fingerprint density at radius 2 is 1.93 bits per heavy atom. The van der Waals surface area contributed by atoms with Gasteiger partial charge >= 0.3 is 6.09 Å². The standard InChI is InChI=1S/C31H33N3O6S/c1-20-8-4-7-11-29(20)41(37,38)33-30(35)22-13-12-21(28(17-22)39-3)16-23-19-34(2)27-15-14-24(18-26(23)27)32-31(36)40-25-9-5-6-10-25/h4,7-8,11-15,17-19,25H,5-6,9-10,16H2,1-3H3,(H,32,36)(H,33,35)/i1D3,3D3,5D2,6D2,16D2,25D. The van der Waals surface area contributed by atoms with E-state index in [0.717, 1.165) is 30.3 Å². The van der Waals surface area contributed by atoms with Gasteiger partial charge in [0.25, 0.3) is 15.9 Å². The molecule has 214 valence electrons. The maximum atomic E-state index is 13.2. The maximum Gasteiger partial charge on any atom is 0.411 e. The highest BCUT2D eigenvalue weighted by atomic mass is 32.2. The first-order valence-corrected chi connectivity index (χ1v) is 13.6. The molecule has 1 aliphatic carbocycles. The summed E-state index contributed by atoms with van der Waals surface area (Å²) in [5.41, 5.74) is -0.982. The van der Waals surface area contributed by atoms with E-state index < -0.39 is 101 Å². The van der Waals surface area contributed by atoms with Crippen molar-refractivity contribution in [2.75, 3.05) is 12.4 Å². The molecule has 1 aliphatic rings. The summed E-state index contributed by atoms with van der Waals surface area (Å²) in [4.78, 5) is 25.3. The van der Waals surface area contributed by atoms with E-state index in [1.807, 2.05) is 0 Å². The number of aryl methyl sites for hydroxylation is 2. The Hall–Kier alpha value is -4.31. The molecule has 1 saturated carbocycles. The Kier molecular flexibility index (Phi) is 4.61. The van der Waals surface area contributed by atoms with Crippen molar-refractivity contribution < 1.29 is 45.3 Å². The van der Waals surface area contributed by atoms with E-state index in [1.54, 1.807) is 16.3 Å². The largest absolute Gasteiger partial charge is 0.496 e. The van der Waals surface area contributed by atoms with E-state index in [-0.39, 0.29) is 16.6 Å². The van der Waals surface area contributed by atoms with Crippen molar-refractivity contribution in [2.24, 2.45) is 7.05 Å². The molecule has 2 amide bonds. The number of carbonyl (C=O) groups excluding carboxylic acids is 2. The molecule has 0 radical (unpaired) electrons. The molecule has 4 aromatic rings. The van der Waals surface area contributed by atoms with Gasteiger partial charge < -0.3 is 14.0 Å². The van der Waals surface area contributed by atoms with Gasteiger partial charge in [0.15, 0.2) is 0 Å². The Bertz CT molecular complexity index is 2240. The van der Waals surface area contributed by atoms with E-state index in [9.17, 15) is 18.0 Å². The van der Waals surface area contributed by atoms with Crippen molar-refractivity contribution >= 4 is 38.6 Å². The number of carbonyl (C=O) groups is 2. The first kappa shape index (κ1) is 16.2. The highest BCUT2D eigenvalue weighted by Gasteiger charge is 2.22. The lowest BCUT2D eigenvalue weighted by atomic mass is 10.0. The number of nitrogens with zero attached hydrogens (tertiary/aromatic N) is 1. The number of ether oxygens (including phenoxy) is 2. The fourth-order valence-electron chi connectivity index (χ4n) is 4.23. The topological polar surface area (TPSA) is 116 Å². The number of hydrogen-bond acceptors (Lipinski definition) is 6. The third-order valence-electron chi connectivity index (χ3n) is 6.20. The van der Waals surface area contributed by atoms with Gasteiger partial charge in [-0.3, -0.25) is 10.1 Å². The van der Waals surface area contributed by atoms with Crippen LogP contribution in [0.4, 0.5) is 10.5 Å². The van der Waals surface area contributed by atoms with E-state index in [0.29, 0.717) is 5.52 Å². The lowest BCUT2D eigenvalue weighted by Gasteiger charge is -2.13. The number of hydrogen-bond donors (Lipinski definition) is 2. The minimum Gasteiger partial charge on any atom is -0.496 e. The summed E-state index contributed by atoms with van der Waals surface area (Å²) >= 11 is 0. The average Bonchev–Trinajstić information content (AvgIpc) is 3.42. The van der Waals surface area contributed by atoms with Crippen molar-refractivity contribution in [1.82, 2.24) is 9.29 Å². The Morgan fingerprint density at radius 1 is 1.12 bits per heavy atom. The predicted octanol–water partition coefficient (Wildman–Crippen LogP) is 5.70. The number of nitrogens with one attached hydrogen (secondary N) is 2. The van der Waals surface area contributed by atoms with Crippen LogP contribution in [0.1, 0.15) is 70.5 Å². The van der Waals surface area contributed by atoms with Crippen LogP contribution in [0.5, 0.6) is 5.75 Å². The summed E-state index contributed by atoms with van der Waals surface area (Å²) < 4.78 is 144. The lowest BCUT2D eigenvalue weighted by molar-refractivity contribution is 0.0980. The number of benzene rings is 3. The van der Waals surface area contributed by atoms with Crippen LogP contribution in [0.2, 0.25) is 0 Å². The molecule has 0 saturated heterocycles. The molecular formula is C31H33N3O6S. The molecule has 5 rings (SSSR count). The van der Waals surface area contributed by atoms with Crippen molar-refractivity contribution in [3.63, 3.8) is 0 Å². The van der Waals surface area contributed by atoms with Crippen molar-refractivity contribution in [1.29, 1.82) is 0 Å². The molecule has 10 heteroatoms. The summed E-state index contributed by atoms with van der Waals surface area (Å²) in [7, 11) is -6.36. The molecule has 0 atom stereocenters. The Balaban J connectivity index is 1.48. The molecule has 1 heterocycles. The van der Waals surface area contributed by atoms with E-state index in [1.165, 1.54) is 36.5 Å². The van der Waals surface area contributed by atoms with Crippen LogP contribution < -0.4 is 14.8 Å². The average molecular weight is 589 g/mol. The minimum atomic E-state index is -4.78. The van der Waals surface area contributed by atoms with Crippen LogP contribution in [0.15, 0.2) is 71.8 Å². The first-order valence-electron chi connectivity index (χ1n) is 18.7. The summed E-state index contributed by atoms with van der Waals surface area (Å²) in [5, 5.41) is 2.60. The fourth-order valence-corrected chi connectivity index (χ4v) is 5.32. The zero-order valence-corrected chi connectivity index (χ0v) is 22.4. The van der Waals surface area contributed by atoms with Crippen molar-refractivity contribution in [3.05, 3.63) is 89.1 Å². The Labute approximate surface area is 257 Å². The van der Waals surface area contributed by atoms with Gasteiger partial charge in [-0.1, -0.05) is 24.3 Å². The fraction of sp³-hybridized carbons (Fsp3) is 0.290. The summed E-state index contributed by atoms with van der Waals surface area (Å²) in [6, 6.07) is 11.8. The van der Waals surface area contributed by atoms with Crippen molar-refractivity contribution in [2.45, 2.75) is 49.8 Å². The third-order valence-corrected chi connectivity index (χ3v) is 7.58. The second kappa shape index (κ2) is 11.7. The quantitative estimate of drug-likeness (QED) is 0.273. The number of methoxy groups -OCH3 is 1. The Morgan fingerprint density at radius 3 is 2.71 bits per heavy atom. The molecule has 1 fully saturated rings. The molecule has 2 N–H and O–H groups in total. The van der Waals surface area contributed by atoms with Gasteiger partial charge in [0.1, 0.15) is 11.8 Å². The van der Waals surface area contributed by atoms with Crippen LogP contribution in [0.3, 0.4) is 0 Å². The predicted molar refractivity (Wildman–Crippen MR) is 157 cm³/mol. The number of rotatable bonds is 8. The van der Waals surface area contributed by atoms with E-state index in [4.69, 9.17) is 27.3 Å². The number of sulfonamides is 1. The SMILES string of the molecule is [2H]C([2H])([2H])Oc1cc(C(=O)NS(=O)(=O)c2ccccc2C([2H])([2H])[2H])ccc1C([2H])([2H])c1cn(C)c2ccc(NC(=O)OC3([2H])CC([2H])([2H])C([2H])([2H])C3)cc12. The van der Waals surface area contributed by atoms with E-state index >= 15 is 0 Å². The molecule has 0 aliphatic heterocycles. The summed E-state index contributed by atoms with van der Waals surface area (Å²) in [6.45, 7) is -2.85. The molecule has 1 aromatic heterocycles. The van der Waals surface area contributed by atoms with Gasteiger partial charge in [0.05, 0.1) is 17.4 Å². The number of amides is 2. The zero-order chi connectivity index (χ0) is 40.4. The monoisotopic (exact) mass is 588 g/mol. The van der Waals surface area contributed by atoms with Crippen LogP contribution in [-0.2, 0) is 28.2 Å². The first-order chi connectivity index (χ1) is 24.6. The normalized spacial score (nSPS) is 22.6. The van der Waals surface area contributed by atoms with Crippen LogP contribution in [0, 0.1) is 6.85 Å². The summed E-state index contributed by atoms with van der Waals surface area (Å²) in [6.07, 6.45) is -10.9. The van der Waals surface area contributed by atoms with Crippen LogP contribution in [-0.4, -0.2) is 38.1 Å². The molecular weight excluding hydrogens is 542 g/mol. The molecule has 9 nitrogen and oxygen atoms in total. The van der Waals surface area contributed by atoms with Crippen molar-refractivity contribution in [3.8, 4) is 5.75 Å². The molecule has 41 heavy (non-hydrogen) atoms. The van der Waals surface area contributed by atoms with Crippen LogP contribution >= 0.6 is 0 Å². The molecule has 3 aromatic carbocycles. The van der Waals surface area contributed by atoms with Crippen LogP contribution in [0.25, 0.3) is 10.9 Å². The van der Waals surface area contributed by atoms with Gasteiger partial charge in [0, 0.05) is 54.1 Å². The number of aromatic nitrogens is 1. The molecule has 0 spiro atoms. The van der Waals surface area contributed by atoms with Gasteiger partial charge in [-0.05, 0) is 85.5 Å². The molecule has 0 unspecified atom stereocenters. The smallest absolute Gasteiger partial charge is 0.411 e. The number of fused-ring (bicyclic) bond motifs is 1. The zero-order valence-electron chi connectivity index (χ0n) is 34.6. The second-order valence-corrected chi connectivity index (χ2v) is 10.7. The van der Waals surface area contributed by atoms with Gasteiger partial charge in [-0.2, -0.15) is 0 Å². The summed E-state index contributed by atoms with van der Waals surface area (Å²) in [5.74, 6) is -1.95. The van der Waals surface area contributed by atoms with E-state index in [2.05, 4.69) is 5.32 Å². The third kappa shape index (κ3) is 6.22.